The van der Waals surface area contributed by atoms with Crippen LogP contribution in [0.25, 0.3) is 0 Å². The monoisotopic (exact) mass is 282 g/mol. The Morgan fingerprint density at radius 1 is 0.950 bits per heavy atom. The van der Waals surface area contributed by atoms with E-state index in [1.54, 1.807) is 21.3 Å². The van der Waals surface area contributed by atoms with Crippen molar-refractivity contribution in [3.63, 3.8) is 0 Å². The van der Waals surface area contributed by atoms with E-state index in [0.717, 1.165) is 24.8 Å². The van der Waals surface area contributed by atoms with Crippen LogP contribution in [-0.2, 0) is 16.0 Å². The molecule has 1 rings (SSSR count). The molecule has 0 heterocycles. The lowest BCUT2D eigenvalue weighted by Gasteiger charge is -2.15. The molecule has 112 valence electrons. The molecule has 0 aliphatic carbocycles. The average molecular weight is 282 g/mol. The van der Waals surface area contributed by atoms with Crippen molar-refractivity contribution in [2.24, 2.45) is 0 Å². The Balaban J connectivity index is 2.72. The molecule has 0 spiro atoms. The van der Waals surface area contributed by atoms with Crippen molar-refractivity contribution in [1.82, 2.24) is 0 Å². The van der Waals surface area contributed by atoms with Crippen molar-refractivity contribution in [3.8, 4) is 17.2 Å². The Bertz CT molecular complexity index is 442. The van der Waals surface area contributed by atoms with Crippen molar-refractivity contribution < 1.29 is 23.7 Å². The summed E-state index contributed by atoms with van der Waals surface area (Å²) in [6.07, 6.45) is 2.90. The van der Waals surface area contributed by atoms with Gasteiger partial charge in [-0.15, -0.1) is 0 Å². The van der Waals surface area contributed by atoms with Crippen LogP contribution in [0.4, 0.5) is 0 Å². The highest BCUT2D eigenvalue weighted by Crippen LogP contribution is 2.40. The van der Waals surface area contributed by atoms with E-state index in [1.165, 1.54) is 7.11 Å². The van der Waals surface area contributed by atoms with Gasteiger partial charge in [-0.1, -0.05) is 6.07 Å². The summed E-state index contributed by atoms with van der Waals surface area (Å²) in [6.45, 7) is 0. The third-order valence-corrected chi connectivity index (χ3v) is 3.09. The number of carbonyl (C=O) groups is 1. The van der Waals surface area contributed by atoms with E-state index >= 15 is 0 Å². The maximum absolute atomic E-state index is 11.0. The standard InChI is InChI=1S/C15H22O5/c1-17-12-10-9-11(14(19-3)15(12)20-4)7-5-6-8-13(16)18-2/h9-10H,5-8H2,1-4H3. The van der Waals surface area contributed by atoms with Gasteiger partial charge < -0.3 is 18.9 Å². The van der Waals surface area contributed by atoms with Crippen molar-refractivity contribution in [2.45, 2.75) is 25.7 Å². The van der Waals surface area contributed by atoms with Crippen molar-refractivity contribution in [1.29, 1.82) is 0 Å². The minimum absolute atomic E-state index is 0.177. The van der Waals surface area contributed by atoms with Gasteiger partial charge >= 0.3 is 5.97 Å². The Kier molecular flexibility index (Phi) is 6.70. The van der Waals surface area contributed by atoms with Gasteiger partial charge in [0.25, 0.3) is 0 Å². The maximum Gasteiger partial charge on any atom is 0.305 e. The van der Waals surface area contributed by atoms with Crippen molar-refractivity contribution in [2.75, 3.05) is 28.4 Å². The van der Waals surface area contributed by atoms with Gasteiger partial charge in [-0.25, -0.2) is 0 Å². The van der Waals surface area contributed by atoms with Gasteiger partial charge in [-0.3, -0.25) is 4.79 Å². The molecule has 1 aromatic carbocycles. The smallest absolute Gasteiger partial charge is 0.305 e. The second-order valence-corrected chi connectivity index (χ2v) is 4.28. The number of hydrogen-bond donors (Lipinski definition) is 0. The third kappa shape index (κ3) is 4.05. The fourth-order valence-electron chi connectivity index (χ4n) is 2.05. The predicted molar refractivity (Wildman–Crippen MR) is 75.7 cm³/mol. The molecule has 0 N–H and O–H groups in total. The summed E-state index contributed by atoms with van der Waals surface area (Å²) < 4.78 is 20.6. The number of unbranched alkanes of at least 4 members (excludes halogenated alkanes) is 1. The van der Waals surface area contributed by atoms with Crippen LogP contribution in [0.1, 0.15) is 24.8 Å². The van der Waals surface area contributed by atoms with Gasteiger partial charge in [0.2, 0.25) is 5.75 Å². The normalized spacial score (nSPS) is 10.0. The average Bonchev–Trinajstić information content (AvgIpc) is 2.49. The molecule has 0 amide bonds. The number of rotatable bonds is 8. The second kappa shape index (κ2) is 8.30. The van der Waals surface area contributed by atoms with Crippen LogP contribution < -0.4 is 14.2 Å². The molecule has 0 saturated carbocycles. The molecule has 0 bridgehead atoms. The van der Waals surface area contributed by atoms with E-state index < -0.39 is 0 Å². The van der Waals surface area contributed by atoms with Crippen LogP contribution in [0, 0.1) is 0 Å². The molecule has 5 nitrogen and oxygen atoms in total. The number of esters is 1. The molecule has 0 fully saturated rings. The number of ether oxygens (including phenoxy) is 4. The van der Waals surface area contributed by atoms with Crippen molar-refractivity contribution in [3.05, 3.63) is 17.7 Å². The van der Waals surface area contributed by atoms with E-state index in [2.05, 4.69) is 4.74 Å². The van der Waals surface area contributed by atoms with Gasteiger partial charge in [-0.05, 0) is 30.9 Å². The molecule has 0 radical (unpaired) electrons. The summed E-state index contributed by atoms with van der Waals surface area (Å²) in [6, 6.07) is 3.81. The fraction of sp³-hybridized carbons (Fsp3) is 0.533. The molecule has 0 unspecified atom stereocenters. The number of methoxy groups -OCH3 is 4. The van der Waals surface area contributed by atoms with E-state index in [0.29, 0.717) is 23.7 Å². The molecule has 1 aromatic rings. The maximum atomic E-state index is 11.0. The molecule has 0 aliphatic heterocycles. The molecular formula is C15H22O5. The lowest BCUT2D eigenvalue weighted by Crippen LogP contribution is -2.01. The van der Waals surface area contributed by atoms with E-state index in [1.807, 2.05) is 12.1 Å². The minimum Gasteiger partial charge on any atom is -0.493 e. The van der Waals surface area contributed by atoms with E-state index in [-0.39, 0.29) is 5.97 Å². The zero-order valence-corrected chi connectivity index (χ0v) is 12.5. The van der Waals surface area contributed by atoms with Crippen LogP contribution in [0.5, 0.6) is 17.2 Å². The molecule has 0 aliphatic rings. The number of benzene rings is 1. The first kappa shape index (κ1) is 16.1. The molecule has 0 saturated heterocycles. The highest BCUT2D eigenvalue weighted by atomic mass is 16.5. The Labute approximate surface area is 119 Å². The van der Waals surface area contributed by atoms with Gasteiger partial charge in [0.15, 0.2) is 11.5 Å². The van der Waals surface area contributed by atoms with Crippen molar-refractivity contribution >= 4 is 5.97 Å². The first-order valence-electron chi connectivity index (χ1n) is 6.52. The van der Waals surface area contributed by atoms with Crippen LogP contribution in [0.3, 0.4) is 0 Å². The largest absolute Gasteiger partial charge is 0.493 e. The molecule has 0 atom stereocenters. The number of carbonyl (C=O) groups excluding carboxylic acids is 1. The van der Waals surface area contributed by atoms with Gasteiger partial charge in [0.1, 0.15) is 0 Å². The Morgan fingerprint density at radius 2 is 1.65 bits per heavy atom. The van der Waals surface area contributed by atoms with E-state index in [4.69, 9.17) is 14.2 Å². The van der Waals surface area contributed by atoms with Crippen LogP contribution in [0.2, 0.25) is 0 Å². The summed E-state index contributed by atoms with van der Waals surface area (Å²) in [5.41, 5.74) is 1.04. The first-order chi connectivity index (χ1) is 9.67. The van der Waals surface area contributed by atoms with E-state index in [9.17, 15) is 4.79 Å². The molecule has 5 heteroatoms. The summed E-state index contributed by atoms with van der Waals surface area (Å²) in [4.78, 5) is 11.0. The zero-order valence-electron chi connectivity index (χ0n) is 12.5. The summed E-state index contributed by atoms with van der Waals surface area (Å²) >= 11 is 0. The lowest BCUT2D eigenvalue weighted by molar-refractivity contribution is -0.140. The lowest BCUT2D eigenvalue weighted by atomic mass is 10.0. The first-order valence-corrected chi connectivity index (χ1v) is 6.52. The minimum atomic E-state index is -0.177. The topological polar surface area (TPSA) is 54.0 Å². The number of hydrogen-bond acceptors (Lipinski definition) is 5. The summed E-state index contributed by atoms with van der Waals surface area (Å²) in [5.74, 6) is 1.75. The van der Waals surface area contributed by atoms with Crippen LogP contribution in [0.15, 0.2) is 12.1 Å². The van der Waals surface area contributed by atoms with Gasteiger partial charge in [-0.2, -0.15) is 0 Å². The van der Waals surface area contributed by atoms with Crippen LogP contribution in [-0.4, -0.2) is 34.4 Å². The Morgan fingerprint density at radius 3 is 2.20 bits per heavy atom. The zero-order chi connectivity index (χ0) is 15.0. The number of aryl methyl sites for hydroxylation is 1. The molecular weight excluding hydrogens is 260 g/mol. The molecule has 0 aromatic heterocycles. The highest BCUT2D eigenvalue weighted by molar-refractivity contribution is 5.69. The highest BCUT2D eigenvalue weighted by Gasteiger charge is 2.15. The summed E-state index contributed by atoms with van der Waals surface area (Å²) in [7, 11) is 6.18. The SMILES string of the molecule is COC(=O)CCCCc1ccc(OC)c(OC)c1OC. The third-order valence-electron chi connectivity index (χ3n) is 3.09. The summed E-state index contributed by atoms with van der Waals surface area (Å²) in [5, 5.41) is 0. The van der Waals surface area contributed by atoms with Gasteiger partial charge in [0.05, 0.1) is 28.4 Å². The van der Waals surface area contributed by atoms with Gasteiger partial charge in [0, 0.05) is 6.42 Å². The predicted octanol–water partition coefficient (Wildman–Crippen LogP) is 2.60. The molecule has 20 heavy (non-hydrogen) atoms. The second-order valence-electron chi connectivity index (χ2n) is 4.28. The van der Waals surface area contributed by atoms with Crippen LogP contribution >= 0.6 is 0 Å². The fourth-order valence-corrected chi connectivity index (χ4v) is 2.05. The Hall–Kier alpha value is -1.91. The quantitative estimate of drug-likeness (QED) is 0.542.